The van der Waals surface area contributed by atoms with Gasteiger partial charge in [-0.25, -0.2) is 4.98 Å². The van der Waals surface area contributed by atoms with Crippen LogP contribution in [0.2, 0.25) is 0 Å². The Morgan fingerprint density at radius 2 is 1.67 bits per heavy atom. The number of benzene rings is 2. The quantitative estimate of drug-likeness (QED) is 0.414. The molecule has 4 nitrogen and oxygen atoms in total. The summed E-state index contributed by atoms with van der Waals surface area (Å²) in [4.78, 5) is 9.38. The third kappa shape index (κ3) is 2.23. The minimum atomic E-state index is 0.229. The summed E-state index contributed by atoms with van der Waals surface area (Å²) in [6.07, 6.45) is 3.73. The van der Waals surface area contributed by atoms with Crippen molar-refractivity contribution in [2.75, 3.05) is 0 Å². The Kier molecular flexibility index (Phi) is 3.25. The molecule has 4 heteroatoms. The van der Waals surface area contributed by atoms with Gasteiger partial charge in [-0.15, -0.1) is 0 Å². The first kappa shape index (κ1) is 15.8. The van der Waals surface area contributed by atoms with Gasteiger partial charge in [0.1, 0.15) is 11.4 Å². The number of imidazole rings is 1. The van der Waals surface area contributed by atoms with Crippen LogP contribution in [-0.4, -0.2) is 19.5 Å². The van der Waals surface area contributed by atoms with Gasteiger partial charge >= 0.3 is 0 Å². The number of hydrogen-bond acceptors (Lipinski definition) is 3. The number of aromatic hydroxyl groups is 1. The molecule has 2 aromatic carbocycles. The zero-order valence-corrected chi connectivity index (χ0v) is 15.5. The Morgan fingerprint density at radius 1 is 0.889 bits per heavy atom. The fourth-order valence-corrected chi connectivity index (χ4v) is 4.25. The van der Waals surface area contributed by atoms with Gasteiger partial charge in [-0.05, 0) is 62.2 Å². The fourth-order valence-electron chi connectivity index (χ4n) is 4.25. The average molecular weight is 353 g/mol. The van der Waals surface area contributed by atoms with E-state index in [9.17, 15) is 5.11 Å². The number of hydrogen-bond donors (Lipinski definition) is 1. The van der Waals surface area contributed by atoms with E-state index in [1.807, 2.05) is 18.3 Å². The van der Waals surface area contributed by atoms with Gasteiger partial charge in [0, 0.05) is 22.5 Å². The van der Waals surface area contributed by atoms with Crippen LogP contribution in [0.25, 0.3) is 38.7 Å². The third-order valence-corrected chi connectivity index (χ3v) is 5.22. The molecule has 0 aliphatic heterocycles. The summed E-state index contributed by atoms with van der Waals surface area (Å²) in [5.41, 5.74) is 8.69. The second kappa shape index (κ2) is 5.55. The average Bonchev–Trinajstić information content (AvgIpc) is 3.06. The molecule has 1 N–H and O–H groups in total. The molecule has 0 spiro atoms. The first-order chi connectivity index (χ1) is 13.0. The van der Waals surface area contributed by atoms with E-state index in [4.69, 9.17) is 4.98 Å². The molecule has 0 fully saturated rings. The second-order valence-corrected chi connectivity index (χ2v) is 7.18. The number of phenolic OH excluding ortho intramolecular Hbond substituents is 1. The maximum absolute atomic E-state index is 10.0. The highest BCUT2D eigenvalue weighted by atomic mass is 16.3. The lowest BCUT2D eigenvalue weighted by Gasteiger charge is -2.14. The molecule has 132 valence electrons. The Labute approximate surface area is 156 Å². The monoisotopic (exact) mass is 353 g/mol. The molecule has 0 saturated heterocycles. The van der Waals surface area contributed by atoms with E-state index in [1.54, 1.807) is 18.3 Å². The SMILES string of the molecule is Cc1cc(C)c(-c2cnc3c4cc(O)ccc4c4ncccc4n23)c(C)c1. The Morgan fingerprint density at radius 3 is 2.44 bits per heavy atom. The molecule has 0 unspecified atom stereocenters. The van der Waals surface area contributed by atoms with Gasteiger partial charge in [0.2, 0.25) is 0 Å². The van der Waals surface area contributed by atoms with Gasteiger partial charge in [0.25, 0.3) is 0 Å². The summed E-state index contributed by atoms with van der Waals surface area (Å²) >= 11 is 0. The van der Waals surface area contributed by atoms with Crippen molar-refractivity contribution < 1.29 is 5.11 Å². The van der Waals surface area contributed by atoms with Gasteiger partial charge in [0.15, 0.2) is 0 Å². The lowest BCUT2D eigenvalue weighted by Crippen LogP contribution is -1.98. The van der Waals surface area contributed by atoms with Gasteiger partial charge in [-0.2, -0.15) is 0 Å². The minimum Gasteiger partial charge on any atom is -0.508 e. The molecule has 27 heavy (non-hydrogen) atoms. The predicted molar refractivity (Wildman–Crippen MR) is 109 cm³/mol. The van der Waals surface area contributed by atoms with Crippen LogP contribution in [0.4, 0.5) is 0 Å². The van der Waals surface area contributed by atoms with E-state index in [0.717, 1.165) is 33.1 Å². The first-order valence-corrected chi connectivity index (χ1v) is 8.99. The third-order valence-electron chi connectivity index (χ3n) is 5.22. The van der Waals surface area contributed by atoms with Gasteiger partial charge in [-0.3, -0.25) is 9.38 Å². The number of aryl methyl sites for hydroxylation is 3. The molecule has 0 radical (unpaired) electrons. The molecule has 0 aliphatic rings. The number of aromatic nitrogens is 3. The van der Waals surface area contributed by atoms with Gasteiger partial charge in [-0.1, -0.05) is 17.7 Å². The largest absolute Gasteiger partial charge is 0.508 e. The first-order valence-electron chi connectivity index (χ1n) is 8.99. The van der Waals surface area contributed by atoms with E-state index in [-0.39, 0.29) is 5.75 Å². The summed E-state index contributed by atoms with van der Waals surface area (Å²) in [6.45, 7) is 6.40. The molecular formula is C23H19N3O. The molecule has 0 atom stereocenters. The summed E-state index contributed by atoms with van der Waals surface area (Å²) in [5.74, 6) is 0.229. The number of rotatable bonds is 1. The van der Waals surface area contributed by atoms with Gasteiger partial charge < -0.3 is 5.11 Å². The molecular weight excluding hydrogens is 334 g/mol. The fraction of sp³-hybridized carbons (Fsp3) is 0.130. The Hall–Kier alpha value is -3.40. The molecule has 3 heterocycles. The predicted octanol–water partition coefficient (Wildman–Crippen LogP) is 5.33. The summed E-state index contributed by atoms with van der Waals surface area (Å²) in [6, 6.07) is 13.8. The lowest BCUT2D eigenvalue weighted by atomic mass is 9.97. The van der Waals surface area contributed by atoms with Crippen LogP contribution in [0.3, 0.4) is 0 Å². The van der Waals surface area contributed by atoms with Gasteiger partial charge in [0.05, 0.1) is 22.9 Å². The molecule has 5 aromatic rings. The van der Waals surface area contributed by atoms with Crippen LogP contribution in [-0.2, 0) is 0 Å². The summed E-state index contributed by atoms with van der Waals surface area (Å²) in [7, 11) is 0. The normalized spacial score (nSPS) is 11.7. The summed E-state index contributed by atoms with van der Waals surface area (Å²) < 4.78 is 2.16. The van der Waals surface area contributed by atoms with E-state index < -0.39 is 0 Å². The minimum absolute atomic E-state index is 0.229. The van der Waals surface area contributed by atoms with Crippen LogP contribution in [0.15, 0.2) is 54.9 Å². The standard InChI is InChI=1S/C23H19N3O/c1-13-9-14(2)21(15(3)10-13)20-12-25-23-18-11-16(27)6-7-17(18)22-19(26(20)23)5-4-8-24-22/h4-12,27H,1-3H3. The maximum Gasteiger partial charge on any atom is 0.145 e. The zero-order valence-electron chi connectivity index (χ0n) is 15.5. The highest BCUT2D eigenvalue weighted by Gasteiger charge is 2.17. The Balaban J connectivity index is 2.02. The van der Waals surface area contributed by atoms with Crippen LogP contribution in [0.1, 0.15) is 16.7 Å². The smallest absolute Gasteiger partial charge is 0.145 e. The number of nitrogens with zero attached hydrogens (tertiary/aromatic N) is 3. The van der Waals surface area contributed by atoms with E-state index in [0.29, 0.717) is 0 Å². The highest BCUT2D eigenvalue weighted by molar-refractivity contribution is 6.11. The van der Waals surface area contributed by atoms with E-state index in [2.05, 4.69) is 48.4 Å². The molecule has 3 aromatic heterocycles. The van der Waals surface area contributed by atoms with Crippen molar-refractivity contribution in [1.29, 1.82) is 0 Å². The van der Waals surface area contributed by atoms with Crippen LogP contribution in [0, 0.1) is 20.8 Å². The van der Waals surface area contributed by atoms with Crippen LogP contribution < -0.4 is 0 Å². The molecule has 0 saturated carbocycles. The molecule has 0 bridgehead atoms. The van der Waals surface area contributed by atoms with Crippen molar-refractivity contribution in [1.82, 2.24) is 14.4 Å². The van der Waals surface area contributed by atoms with Crippen molar-refractivity contribution in [2.24, 2.45) is 0 Å². The van der Waals surface area contributed by atoms with Crippen molar-refractivity contribution in [2.45, 2.75) is 20.8 Å². The second-order valence-electron chi connectivity index (χ2n) is 7.18. The zero-order chi connectivity index (χ0) is 18.7. The summed E-state index contributed by atoms with van der Waals surface area (Å²) in [5, 5.41) is 11.9. The lowest BCUT2D eigenvalue weighted by molar-refractivity contribution is 0.476. The van der Waals surface area contributed by atoms with Crippen LogP contribution in [0.5, 0.6) is 5.75 Å². The molecule has 0 amide bonds. The number of fused-ring (bicyclic) bond motifs is 6. The maximum atomic E-state index is 10.0. The van der Waals surface area contributed by atoms with Crippen molar-refractivity contribution in [3.8, 4) is 17.0 Å². The van der Waals surface area contributed by atoms with Crippen LogP contribution >= 0.6 is 0 Å². The highest BCUT2D eigenvalue weighted by Crippen LogP contribution is 2.35. The van der Waals surface area contributed by atoms with E-state index >= 15 is 0 Å². The number of phenols is 1. The van der Waals surface area contributed by atoms with Crippen molar-refractivity contribution in [3.63, 3.8) is 0 Å². The number of pyridine rings is 2. The Bertz CT molecular complexity index is 1340. The molecule has 0 aliphatic carbocycles. The van der Waals surface area contributed by atoms with Crippen molar-refractivity contribution in [3.05, 3.63) is 71.5 Å². The van der Waals surface area contributed by atoms with E-state index in [1.165, 1.54) is 22.3 Å². The topological polar surface area (TPSA) is 50.4 Å². The molecule has 5 rings (SSSR count). The van der Waals surface area contributed by atoms with Crippen molar-refractivity contribution >= 4 is 27.5 Å².